The Morgan fingerprint density at radius 1 is 1.21 bits per heavy atom. The molecule has 2 N–H and O–H groups in total. The summed E-state index contributed by atoms with van der Waals surface area (Å²) in [6.07, 6.45) is 2.01. The fourth-order valence-corrected chi connectivity index (χ4v) is 1.87. The van der Waals surface area contributed by atoms with Crippen molar-refractivity contribution in [2.75, 3.05) is 0 Å². The fraction of sp³-hybridized carbons (Fsp3) is 0.467. The highest BCUT2D eigenvalue weighted by Crippen LogP contribution is 2.23. The van der Waals surface area contributed by atoms with Gasteiger partial charge in [0.05, 0.1) is 6.04 Å². The third-order valence-corrected chi connectivity index (χ3v) is 3.60. The minimum atomic E-state index is -0.193. The van der Waals surface area contributed by atoms with Crippen molar-refractivity contribution < 1.29 is 4.52 Å². The summed E-state index contributed by atoms with van der Waals surface area (Å²) >= 11 is 0. The Kier molecular flexibility index (Phi) is 4.32. The zero-order valence-corrected chi connectivity index (χ0v) is 11.8. The van der Waals surface area contributed by atoms with E-state index >= 15 is 0 Å². The second kappa shape index (κ2) is 5.97. The summed E-state index contributed by atoms with van der Waals surface area (Å²) in [7, 11) is 0. The van der Waals surface area contributed by atoms with Gasteiger partial charge in [-0.25, -0.2) is 0 Å². The van der Waals surface area contributed by atoms with Crippen LogP contribution in [0.25, 0.3) is 11.4 Å². The van der Waals surface area contributed by atoms with Crippen molar-refractivity contribution in [3.8, 4) is 11.4 Å². The number of hydrogen-bond donors (Lipinski definition) is 1. The normalized spacial score (nSPS) is 14.3. The van der Waals surface area contributed by atoms with E-state index < -0.39 is 0 Å². The van der Waals surface area contributed by atoms with Crippen LogP contribution in [0.3, 0.4) is 0 Å². The van der Waals surface area contributed by atoms with Crippen molar-refractivity contribution in [3.63, 3.8) is 0 Å². The van der Waals surface area contributed by atoms with Crippen molar-refractivity contribution in [3.05, 3.63) is 35.7 Å². The van der Waals surface area contributed by atoms with E-state index in [1.807, 2.05) is 12.1 Å². The second-order valence-electron chi connectivity index (χ2n) is 4.92. The third-order valence-electron chi connectivity index (χ3n) is 3.60. The molecule has 0 aliphatic carbocycles. The second-order valence-corrected chi connectivity index (χ2v) is 4.92. The maximum atomic E-state index is 6.09. The van der Waals surface area contributed by atoms with Crippen LogP contribution in [0.1, 0.15) is 44.7 Å². The highest BCUT2D eigenvalue weighted by molar-refractivity contribution is 5.54. The molecule has 2 atom stereocenters. The van der Waals surface area contributed by atoms with Gasteiger partial charge in [-0.1, -0.05) is 56.6 Å². The number of nitrogens with two attached hydrogens (primary N) is 1. The molecule has 0 aliphatic rings. The van der Waals surface area contributed by atoms with Crippen molar-refractivity contribution in [2.24, 2.45) is 11.7 Å². The Morgan fingerprint density at radius 2 is 1.89 bits per heavy atom. The van der Waals surface area contributed by atoms with E-state index in [2.05, 4.69) is 43.0 Å². The zero-order chi connectivity index (χ0) is 13.8. The molecule has 19 heavy (non-hydrogen) atoms. The Balaban J connectivity index is 2.20. The lowest BCUT2D eigenvalue weighted by Crippen LogP contribution is -2.18. The molecule has 0 aliphatic heterocycles. The molecule has 0 bridgehead atoms. The molecule has 0 saturated heterocycles. The van der Waals surface area contributed by atoms with E-state index in [0.29, 0.717) is 17.6 Å². The summed E-state index contributed by atoms with van der Waals surface area (Å²) in [4.78, 5) is 4.40. The van der Waals surface area contributed by atoms with Gasteiger partial charge in [0.1, 0.15) is 0 Å². The number of hydrogen-bond acceptors (Lipinski definition) is 4. The minimum absolute atomic E-state index is 0.193. The van der Waals surface area contributed by atoms with Gasteiger partial charge in [-0.2, -0.15) is 4.98 Å². The molecular weight excluding hydrogens is 238 g/mol. The largest absolute Gasteiger partial charge is 0.337 e. The number of nitrogens with zero attached hydrogens (tertiary/aromatic N) is 2. The molecule has 4 heteroatoms. The van der Waals surface area contributed by atoms with Crippen LogP contribution in [-0.4, -0.2) is 10.1 Å². The topological polar surface area (TPSA) is 64.9 Å². The predicted octanol–water partition coefficient (Wildman–Crippen LogP) is 3.34. The molecule has 1 heterocycles. The first kappa shape index (κ1) is 13.7. The van der Waals surface area contributed by atoms with Crippen LogP contribution in [0.2, 0.25) is 0 Å². The van der Waals surface area contributed by atoms with E-state index in [1.54, 1.807) is 0 Å². The standard InChI is InChI=1S/C15H21N3O/c1-4-10(3)13(16)15-17-14(18-19-15)12-8-6-11(5-2)7-9-12/h6-10,13H,4-5,16H2,1-3H3. The first-order valence-corrected chi connectivity index (χ1v) is 6.84. The molecule has 0 fully saturated rings. The molecule has 1 aromatic heterocycles. The van der Waals surface area contributed by atoms with Gasteiger partial charge in [0.2, 0.25) is 11.7 Å². The third kappa shape index (κ3) is 3.01. The number of benzene rings is 1. The Labute approximate surface area is 114 Å². The van der Waals surface area contributed by atoms with Gasteiger partial charge in [-0.15, -0.1) is 0 Å². The van der Waals surface area contributed by atoms with Crippen LogP contribution in [-0.2, 0) is 6.42 Å². The van der Waals surface area contributed by atoms with Gasteiger partial charge in [-0.3, -0.25) is 0 Å². The smallest absolute Gasteiger partial charge is 0.244 e. The maximum absolute atomic E-state index is 6.09. The lowest BCUT2D eigenvalue weighted by Gasteiger charge is -2.12. The van der Waals surface area contributed by atoms with Crippen LogP contribution in [0.5, 0.6) is 0 Å². The molecule has 0 saturated carbocycles. The van der Waals surface area contributed by atoms with Gasteiger partial charge in [-0.05, 0) is 17.9 Å². The SMILES string of the molecule is CCc1ccc(-c2noc(C(N)C(C)CC)n2)cc1. The van der Waals surface area contributed by atoms with Gasteiger partial charge in [0.15, 0.2) is 0 Å². The highest BCUT2D eigenvalue weighted by Gasteiger charge is 2.20. The average Bonchev–Trinajstić information content (AvgIpc) is 2.95. The Morgan fingerprint density at radius 3 is 2.47 bits per heavy atom. The van der Waals surface area contributed by atoms with E-state index in [9.17, 15) is 0 Å². The highest BCUT2D eigenvalue weighted by atomic mass is 16.5. The Hall–Kier alpha value is -1.68. The summed E-state index contributed by atoms with van der Waals surface area (Å²) in [6.45, 7) is 6.32. The first-order chi connectivity index (χ1) is 9.15. The summed E-state index contributed by atoms with van der Waals surface area (Å²) in [5.74, 6) is 1.45. The molecule has 0 spiro atoms. The predicted molar refractivity (Wildman–Crippen MR) is 75.5 cm³/mol. The molecule has 0 amide bonds. The molecule has 4 nitrogen and oxygen atoms in total. The van der Waals surface area contributed by atoms with E-state index in [-0.39, 0.29) is 6.04 Å². The molecular formula is C15H21N3O. The summed E-state index contributed by atoms with van der Waals surface area (Å²) in [5.41, 5.74) is 8.35. The van der Waals surface area contributed by atoms with Crippen LogP contribution < -0.4 is 5.73 Å². The molecule has 0 radical (unpaired) electrons. The van der Waals surface area contributed by atoms with Crippen LogP contribution in [0.4, 0.5) is 0 Å². The van der Waals surface area contributed by atoms with Crippen LogP contribution >= 0.6 is 0 Å². The van der Waals surface area contributed by atoms with Gasteiger partial charge in [0.25, 0.3) is 0 Å². The van der Waals surface area contributed by atoms with E-state index in [0.717, 1.165) is 18.4 Å². The number of rotatable bonds is 5. The van der Waals surface area contributed by atoms with Gasteiger partial charge < -0.3 is 10.3 Å². The fourth-order valence-electron chi connectivity index (χ4n) is 1.87. The average molecular weight is 259 g/mol. The lowest BCUT2D eigenvalue weighted by molar-refractivity contribution is 0.312. The summed E-state index contributed by atoms with van der Waals surface area (Å²) < 4.78 is 5.27. The molecule has 2 aromatic rings. The van der Waals surface area contributed by atoms with E-state index in [4.69, 9.17) is 10.3 Å². The van der Waals surface area contributed by atoms with Crippen molar-refractivity contribution in [1.82, 2.24) is 10.1 Å². The first-order valence-electron chi connectivity index (χ1n) is 6.84. The molecule has 1 aromatic carbocycles. The quantitative estimate of drug-likeness (QED) is 0.894. The lowest BCUT2D eigenvalue weighted by atomic mass is 10.0. The maximum Gasteiger partial charge on any atom is 0.244 e. The van der Waals surface area contributed by atoms with Crippen molar-refractivity contribution in [1.29, 1.82) is 0 Å². The van der Waals surface area contributed by atoms with Gasteiger partial charge in [0, 0.05) is 5.56 Å². The Bertz CT molecular complexity index is 518. The van der Waals surface area contributed by atoms with Crippen molar-refractivity contribution in [2.45, 2.75) is 39.7 Å². The van der Waals surface area contributed by atoms with Crippen LogP contribution in [0.15, 0.2) is 28.8 Å². The number of aromatic nitrogens is 2. The van der Waals surface area contributed by atoms with Gasteiger partial charge >= 0.3 is 0 Å². The van der Waals surface area contributed by atoms with Crippen LogP contribution in [0, 0.1) is 5.92 Å². The molecule has 2 rings (SSSR count). The monoisotopic (exact) mass is 259 g/mol. The number of aryl methyl sites for hydroxylation is 1. The molecule has 102 valence electrons. The summed E-state index contributed by atoms with van der Waals surface area (Å²) in [6, 6.07) is 8.01. The zero-order valence-electron chi connectivity index (χ0n) is 11.8. The molecule has 2 unspecified atom stereocenters. The van der Waals surface area contributed by atoms with E-state index in [1.165, 1.54) is 5.56 Å². The van der Waals surface area contributed by atoms with Crippen molar-refractivity contribution >= 4 is 0 Å². The summed E-state index contributed by atoms with van der Waals surface area (Å²) in [5, 5.41) is 4.01. The minimum Gasteiger partial charge on any atom is -0.337 e.